The van der Waals surface area contributed by atoms with Crippen molar-refractivity contribution in [1.29, 1.82) is 5.26 Å². The second kappa shape index (κ2) is 6.18. The summed E-state index contributed by atoms with van der Waals surface area (Å²) in [4.78, 5) is 11.6. The molecular formula is C16H11NO2. The van der Waals surface area contributed by atoms with E-state index in [9.17, 15) is 4.79 Å². The summed E-state index contributed by atoms with van der Waals surface area (Å²) in [6.07, 6.45) is 3.06. The van der Waals surface area contributed by atoms with Gasteiger partial charge in [-0.3, -0.25) is 0 Å². The summed E-state index contributed by atoms with van der Waals surface area (Å²) in [5.74, 6) is -0.0322. The third-order valence-corrected chi connectivity index (χ3v) is 2.41. The van der Waals surface area contributed by atoms with Gasteiger partial charge in [0, 0.05) is 6.08 Å². The molecule has 0 aliphatic rings. The molecule has 0 fully saturated rings. The zero-order valence-corrected chi connectivity index (χ0v) is 10.1. The average Bonchev–Trinajstić information content (AvgIpc) is 2.47. The van der Waals surface area contributed by atoms with E-state index < -0.39 is 5.97 Å². The molecule has 0 bridgehead atoms. The van der Waals surface area contributed by atoms with Gasteiger partial charge >= 0.3 is 5.97 Å². The maximum absolute atomic E-state index is 11.6. The summed E-state index contributed by atoms with van der Waals surface area (Å²) in [5, 5.41) is 8.65. The number of nitriles is 1. The Morgan fingerprint density at radius 2 is 1.74 bits per heavy atom. The van der Waals surface area contributed by atoms with Gasteiger partial charge in [0.25, 0.3) is 0 Å². The second-order valence-corrected chi connectivity index (χ2v) is 3.80. The number of esters is 1. The van der Waals surface area contributed by atoms with Crippen LogP contribution in [0.1, 0.15) is 11.1 Å². The van der Waals surface area contributed by atoms with Crippen LogP contribution in [-0.4, -0.2) is 5.97 Å². The number of carbonyl (C=O) groups excluding carboxylic acids is 1. The molecule has 0 N–H and O–H groups in total. The predicted octanol–water partition coefficient (Wildman–Crippen LogP) is 3.18. The number of carbonyl (C=O) groups is 1. The lowest BCUT2D eigenvalue weighted by Crippen LogP contribution is -2.03. The molecule has 92 valence electrons. The Labute approximate surface area is 111 Å². The van der Waals surface area contributed by atoms with E-state index in [1.54, 1.807) is 30.3 Å². The number of rotatable bonds is 3. The SMILES string of the molecule is N#Cc1ccc(OC(=O)C=Cc2ccccc2)cc1. The van der Waals surface area contributed by atoms with Crippen molar-refractivity contribution in [2.24, 2.45) is 0 Å². The first-order valence-electron chi connectivity index (χ1n) is 5.73. The van der Waals surface area contributed by atoms with Crippen LogP contribution >= 0.6 is 0 Å². The Morgan fingerprint density at radius 3 is 2.37 bits per heavy atom. The smallest absolute Gasteiger partial charge is 0.336 e. The average molecular weight is 249 g/mol. The Bertz CT molecular complexity index is 622. The van der Waals surface area contributed by atoms with Crippen molar-refractivity contribution in [2.45, 2.75) is 0 Å². The van der Waals surface area contributed by atoms with E-state index in [0.29, 0.717) is 11.3 Å². The van der Waals surface area contributed by atoms with Crippen molar-refractivity contribution in [3.63, 3.8) is 0 Å². The summed E-state index contributed by atoms with van der Waals surface area (Å²) < 4.78 is 5.10. The van der Waals surface area contributed by atoms with Gasteiger partial charge in [-0.2, -0.15) is 5.26 Å². The minimum atomic E-state index is -0.450. The topological polar surface area (TPSA) is 50.1 Å². The van der Waals surface area contributed by atoms with Gasteiger partial charge < -0.3 is 4.74 Å². The maximum Gasteiger partial charge on any atom is 0.336 e. The summed E-state index contributed by atoms with van der Waals surface area (Å²) in [7, 11) is 0. The third kappa shape index (κ3) is 3.83. The van der Waals surface area contributed by atoms with Crippen molar-refractivity contribution >= 4 is 12.0 Å². The van der Waals surface area contributed by atoms with Crippen LogP contribution in [0.25, 0.3) is 6.08 Å². The van der Waals surface area contributed by atoms with Crippen LogP contribution in [0, 0.1) is 11.3 Å². The van der Waals surface area contributed by atoms with Crippen molar-refractivity contribution < 1.29 is 9.53 Å². The van der Waals surface area contributed by atoms with Crippen LogP contribution in [0.4, 0.5) is 0 Å². The summed E-state index contributed by atoms with van der Waals surface area (Å²) in [6, 6.07) is 17.9. The van der Waals surface area contributed by atoms with E-state index in [4.69, 9.17) is 10.00 Å². The molecule has 0 radical (unpaired) electrons. The molecule has 0 saturated carbocycles. The van der Waals surface area contributed by atoms with Gasteiger partial charge in [0.2, 0.25) is 0 Å². The molecule has 0 saturated heterocycles. The Kier molecular flexibility index (Phi) is 4.09. The molecule has 0 heterocycles. The highest BCUT2D eigenvalue weighted by Gasteiger charge is 2.00. The van der Waals surface area contributed by atoms with Gasteiger partial charge in [-0.1, -0.05) is 30.3 Å². The summed E-state index contributed by atoms with van der Waals surface area (Å²) in [6.45, 7) is 0. The quantitative estimate of drug-likeness (QED) is 0.477. The lowest BCUT2D eigenvalue weighted by atomic mass is 10.2. The van der Waals surface area contributed by atoms with Crippen LogP contribution in [0.5, 0.6) is 5.75 Å². The third-order valence-electron chi connectivity index (χ3n) is 2.41. The van der Waals surface area contributed by atoms with Gasteiger partial charge in [-0.05, 0) is 35.9 Å². The first-order valence-corrected chi connectivity index (χ1v) is 5.73. The highest BCUT2D eigenvalue weighted by atomic mass is 16.5. The first-order chi connectivity index (χ1) is 9.28. The van der Waals surface area contributed by atoms with Gasteiger partial charge in [-0.15, -0.1) is 0 Å². The second-order valence-electron chi connectivity index (χ2n) is 3.80. The lowest BCUT2D eigenvalue weighted by Gasteiger charge is -2.00. The maximum atomic E-state index is 11.6. The number of ether oxygens (including phenoxy) is 1. The van der Waals surface area contributed by atoms with Gasteiger partial charge in [-0.25, -0.2) is 4.79 Å². The van der Waals surface area contributed by atoms with Crippen LogP contribution < -0.4 is 4.74 Å². The predicted molar refractivity (Wildman–Crippen MR) is 72.3 cm³/mol. The minimum Gasteiger partial charge on any atom is -0.423 e. The van der Waals surface area contributed by atoms with E-state index in [1.807, 2.05) is 36.4 Å². The summed E-state index contributed by atoms with van der Waals surface area (Å²) >= 11 is 0. The minimum absolute atomic E-state index is 0.418. The van der Waals surface area contributed by atoms with E-state index >= 15 is 0 Å². The number of benzene rings is 2. The number of hydrogen-bond acceptors (Lipinski definition) is 3. The van der Waals surface area contributed by atoms with Crippen LogP contribution in [0.15, 0.2) is 60.7 Å². The molecule has 19 heavy (non-hydrogen) atoms. The van der Waals surface area contributed by atoms with Crippen molar-refractivity contribution in [3.05, 3.63) is 71.8 Å². The van der Waals surface area contributed by atoms with Crippen LogP contribution in [0.2, 0.25) is 0 Å². The molecule has 2 aromatic rings. The number of nitrogens with zero attached hydrogens (tertiary/aromatic N) is 1. The van der Waals surface area contributed by atoms with Crippen molar-refractivity contribution in [2.75, 3.05) is 0 Å². The molecule has 0 aliphatic carbocycles. The van der Waals surface area contributed by atoms with Crippen molar-refractivity contribution in [1.82, 2.24) is 0 Å². The normalized spacial score (nSPS) is 10.1. The molecule has 0 spiro atoms. The molecule has 0 aromatic heterocycles. The Morgan fingerprint density at radius 1 is 1.05 bits per heavy atom. The first kappa shape index (κ1) is 12.6. The fraction of sp³-hybridized carbons (Fsp3) is 0. The van der Waals surface area contributed by atoms with Crippen LogP contribution in [0.3, 0.4) is 0 Å². The molecule has 3 nitrogen and oxygen atoms in total. The molecule has 2 aromatic carbocycles. The fourth-order valence-corrected chi connectivity index (χ4v) is 1.48. The molecule has 0 aliphatic heterocycles. The zero-order valence-electron chi connectivity index (χ0n) is 10.1. The highest BCUT2D eigenvalue weighted by molar-refractivity contribution is 5.88. The molecular weight excluding hydrogens is 238 g/mol. The molecule has 0 amide bonds. The van der Waals surface area contributed by atoms with E-state index in [-0.39, 0.29) is 0 Å². The Balaban J connectivity index is 1.98. The van der Waals surface area contributed by atoms with Crippen molar-refractivity contribution in [3.8, 4) is 11.8 Å². The monoisotopic (exact) mass is 249 g/mol. The van der Waals surface area contributed by atoms with E-state index in [2.05, 4.69) is 0 Å². The van der Waals surface area contributed by atoms with E-state index in [1.165, 1.54) is 6.08 Å². The number of hydrogen-bond donors (Lipinski definition) is 0. The lowest BCUT2D eigenvalue weighted by molar-refractivity contribution is -0.128. The highest BCUT2D eigenvalue weighted by Crippen LogP contribution is 2.12. The fourth-order valence-electron chi connectivity index (χ4n) is 1.48. The van der Waals surface area contributed by atoms with Gasteiger partial charge in [0.1, 0.15) is 5.75 Å². The zero-order chi connectivity index (χ0) is 13.5. The van der Waals surface area contributed by atoms with Crippen LogP contribution in [-0.2, 0) is 4.79 Å². The molecule has 0 unspecified atom stereocenters. The van der Waals surface area contributed by atoms with Gasteiger partial charge in [0.05, 0.1) is 11.6 Å². The largest absolute Gasteiger partial charge is 0.423 e. The van der Waals surface area contributed by atoms with Gasteiger partial charge in [0.15, 0.2) is 0 Å². The van der Waals surface area contributed by atoms with E-state index in [0.717, 1.165) is 5.56 Å². The molecule has 0 atom stereocenters. The summed E-state index contributed by atoms with van der Waals surface area (Å²) in [5.41, 5.74) is 1.46. The standard InChI is InChI=1S/C16H11NO2/c17-12-14-6-9-15(10-7-14)19-16(18)11-8-13-4-2-1-3-5-13/h1-11H. The molecule has 2 rings (SSSR count). The molecule has 3 heteroatoms. The Hall–Kier alpha value is -2.86.